The number of aliphatic imine (C=N–C) groups is 1. The van der Waals surface area contributed by atoms with Crippen LogP contribution in [0.3, 0.4) is 0 Å². The van der Waals surface area contributed by atoms with Crippen LogP contribution in [0.5, 0.6) is 11.5 Å². The van der Waals surface area contributed by atoms with E-state index in [1.54, 1.807) is 0 Å². The minimum absolute atomic E-state index is 0.0616. The maximum atomic E-state index is 12.9. The number of nitrogens with zero attached hydrogens (tertiary/aromatic N) is 3. The fraction of sp³-hybridized carbons (Fsp3) is 0.259. The number of fused-ring (bicyclic) bond motifs is 2. The van der Waals surface area contributed by atoms with Crippen LogP contribution in [0.25, 0.3) is 0 Å². The zero-order valence-corrected chi connectivity index (χ0v) is 19.0. The predicted octanol–water partition coefficient (Wildman–Crippen LogP) is 5.73. The molecule has 5 rings (SSSR count). The van der Waals surface area contributed by atoms with E-state index in [-0.39, 0.29) is 6.03 Å². The lowest BCUT2D eigenvalue weighted by atomic mass is 10.1. The minimum atomic E-state index is -0.0616. The number of nitrogens with one attached hydrogen (secondary N) is 1. The maximum absolute atomic E-state index is 12.9. The number of carbonyl (C=O) groups is 1. The number of amides is 2. The van der Waals surface area contributed by atoms with Crippen molar-refractivity contribution in [2.75, 3.05) is 31.5 Å². The van der Waals surface area contributed by atoms with E-state index in [4.69, 9.17) is 9.73 Å². The first-order valence-corrected chi connectivity index (χ1v) is 11.4. The SMILES string of the molecule is Cc1ccc(NC(=O)N2CCCN(C3=Nc4ccccc4Oc4ccc(C)cc43)CC2)cc1. The van der Waals surface area contributed by atoms with E-state index in [1.165, 1.54) is 5.56 Å². The van der Waals surface area contributed by atoms with Gasteiger partial charge in [0.25, 0.3) is 0 Å². The first kappa shape index (κ1) is 21.1. The largest absolute Gasteiger partial charge is 0.454 e. The number of urea groups is 1. The average molecular weight is 441 g/mol. The highest BCUT2D eigenvalue weighted by molar-refractivity contribution is 6.04. The molecule has 3 aromatic rings. The number of para-hydroxylation sites is 2. The smallest absolute Gasteiger partial charge is 0.321 e. The van der Waals surface area contributed by atoms with Crippen molar-refractivity contribution in [1.82, 2.24) is 9.80 Å². The number of anilines is 1. The lowest BCUT2D eigenvalue weighted by Crippen LogP contribution is -2.39. The molecule has 0 atom stereocenters. The second-order valence-electron chi connectivity index (χ2n) is 8.63. The molecule has 0 unspecified atom stereocenters. The Hall–Kier alpha value is -3.80. The number of ether oxygens (including phenoxy) is 1. The third-order valence-electron chi connectivity index (χ3n) is 6.07. The summed E-state index contributed by atoms with van der Waals surface area (Å²) in [5, 5.41) is 3.03. The summed E-state index contributed by atoms with van der Waals surface area (Å²) in [5.41, 5.74) is 4.95. The number of hydrogen-bond acceptors (Lipinski definition) is 4. The topological polar surface area (TPSA) is 57.2 Å². The summed E-state index contributed by atoms with van der Waals surface area (Å²) in [7, 11) is 0. The molecule has 1 N–H and O–H groups in total. The molecular formula is C27H28N4O2. The van der Waals surface area contributed by atoms with Gasteiger partial charge in [0.2, 0.25) is 0 Å². The molecule has 2 aliphatic heterocycles. The molecule has 6 nitrogen and oxygen atoms in total. The Morgan fingerprint density at radius 3 is 2.52 bits per heavy atom. The predicted molar refractivity (Wildman–Crippen MR) is 132 cm³/mol. The van der Waals surface area contributed by atoms with Gasteiger partial charge in [-0.05, 0) is 56.7 Å². The Balaban J connectivity index is 1.38. The number of carbonyl (C=O) groups excluding carboxylic acids is 1. The van der Waals surface area contributed by atoms with Crippen molar-refractivity contribution in [3.8, 4) is 11.5 Å². The maximum Gasteiger partial charge on any atom is 0.321 e. The van der Waals surface area contributed by atoms with Gasteiger partial charge in [-0.15, -0.1) is 0 Å². The molecule has 2 aliphatic rings. The Bertz CT molecular complexity index is 1200. The second kappa shape index (κ2) is 8.98. The molecular weight excluding hydrogens is 412 g/mol. The molecule has 1 saturated heterocycles. The van der Waals surface area contributed by atoms with Gasteiger partial charge < -0.3 is 19.9 Å². The van der Waals surface area contributed by atoms with Crippen molar-refractivity contribution in [1.29, 1.82) is 0 Å². The molecule has 0 spiro atoms. The number of hydrogen-bond donors (Lipinski definition) is 1. The monoisotopic (exact) mass is 440 g/mol. The van der Waals surface area contributed by atoms with E-state index in [0.29, 0.717) is 19.6 Å². The zero-order valence-electron chi connectivity index (χ0n) is 19.0. The zero-order chi connectivity index (χ0) is 22.8. The van der Waals surface area contributed by atoms with E-state index >= 15 is 0 Å². The van der Waals surface area contributed by atoms with Crippen molar-refractivity contribution < 1.29 is 9.53 Å². The first-order valence-electron chi connectivity index (χ1n) is 11.4. The molecule has 0 saturated carbocycles. The summed E-state index contributed by atoms with van der Waals surface area (Å²) in [6, 6.07) is 21.9. The van der Waals surface area contributed by atoms with Gasteiger partial charge in [-0.25, -0.2) is 9.79 Å². The summed E-state index contributed by atoms with van der Waals surface area (Å²) in [6.07, 6.45) is 0.865. The summed E-state index contributed by atoms with van der Waals surface area (Å²) >= 11 is 0. The van der Waals surface area contributed by atoms with E-state index in [9.17, 15) is 4.79 Å². The third kappa shape index (κ3) is 4.55. The number of benzene rings is 3. The molecule has 0 bridgehead atoms. The lowest BCUT2D eigenvalue weighted by molar-refractivity contribution is 0.214. The normalized spacial score (nSPS) is 15.4. The molecule has 3 aromatic carbocycles. The van der Waals surface area contributed by atoms with Gasteiger partial charge in [0.05, 0.1) is 5.56 Å². The van der Waals surface area contributed by atoms with Crippen LogP contribution in [0.2, 0.25) is 0 Å². The molecule has 33 heavy (non-hydrogen) atoms. The van der Waals surface area contributed by atoms with E-state index in [2.05, 4.69) is 29.3 Å². The van der Waals surface area contributed by atoms with Gasteiger partial charge in [-0.2, -0.15) is 0 Å². The number of rotatable bonds is 1. The summed E-state index contributed by atoms with van der Waals surface area (Å²) < 4.78 is 6.23. The van der Waals surface area contributed by atoms with Crippen LogP contribution in [0.4, 0.5) is 16.2 Å². The average Bonchev–Trinajstić information content (AvgIpc) is 3.15. The molecule has 0 aromatic heterocycles. The number of amidine groups is 1. The first-order chi connectivity index (χ1) is 16.1. The Labute approximate surface area is 194 Å². The Kier molecular flexibility index (Phi) is 5.73. The minimum Gasteiger partial charge on any atom is -0.454 e. The van der Waals surface area contributed by atoms with Gasteiger partial charge in [0.15, 0.2) is 5.75 Å². The highest BCUT2D eigenvalue weighted by Crippen LogP contribution is 2.38. The van der Waals surface area contributed by atoms with E-state index < -0.39 is 0 Å². The molecule has 0 aliphatic carbocycles. The molecule has 168 valence electrons. The summed E-state index contributed by atoms with van der Waals surface area (Å²) in [5.74, 6) is 2.47. The van der Waals surface area contributed by atoms with Crippen LogP contribution >= 0.6 is 0 Å². The van der Waals surface area contributed by atoms with E-state index in [1.807, 2.05) is 66.4 Å². The van der Waals surface area contributed by atoms with Crippen LogP contribution in [-0.2, 0) is 0 Å². The quantitative estimate of drug-likeness (QED) is 0.526. The molecule has 2 heterocycles. The highest BCUT2D eigenvalue weighted by Gasteiger charge is 2.26. The van der Waals surface area contributed by atoms with Gasteiger partial charge >= 0.3 is 6.03 Å². The Morgan fingerprint density at radius 1 is 0.879 bits per heavy atom. The lowest BCUT2D eigenvalue weighted by Gasteiger charge is -2.25. The van der Waals surface area contributed by atoms with Gasteiger partial charge in [-0.3, -0.25) is 0 Å². The van der Waals surface area contributed by atoms with Crippen LogP contribution in [0, 0.1) is 13.8 Å². The Morgan fingerprint density at radius 2 is 1.67 bits per heavy atom. The molecule has 1 fully saturated rings. The number of aryl methyl sites for hydroxylation is 2. The van der Waals surface area contributed by atoms with Gasteiger partial charge in [0.1, 0.15) is 17.3 Å². The van der Waals surface area contributed by atoms with Gasteiger partial charge in [-0.1, -0.05) is 41.5 Å². The fourth-order valence-corrected chi connectivity index (χ4v) is 4.25. The third-order valence-corrected chi connectivity index (χ3v) is 6.07. The van der Waals surface area contributed by atoms with Crippen LogP contribution in [-0.4, -0.2) is 47.8 Å². The highest BCUT2D eigenvalue weighted by atomic mass is 16.5. The van der Waals surface area contributed by atoms with Gasteiger partial charge in [0, 0.05) is 31.9 Å². The molecule has 2 amide bonds. The van der Waals surface area contributed by atoms with Crippen LogP contribution < -0.4 is 10.1 Å². The van der Waals surface area contributed by atoms with E-state index in [0.717, 1.165) is 52.8 Å². The van der Waals surface area contributed by atoms with Crippen molar-refractivity contribution >= 4 is 23.2 Å². The molecule has 0 radical (unpaired) electrons. The van der Waals surface area contributed by atoms with Crippen molar-refractivity contribution in [2.45, 2.75) is 20.3 Å². The van der Waals surface area contributed by atoms with Crippen molar-refractivity contribution in [2.24, 2.45) is 4.99 Å². The van der Waals surface area contributed by atoms with Crippen LogP contribution in [0.1, 0.15) is 23.1 Å². The standard InChI is InChI=1S/C27H28N4O2/c1-19-8-11-21(12-9-19)28-27(32)31-15-5-14-30(16-17-31)26-22-18-20(2)10-13-24(22)33-25-7-4-3-6-23(25)29-26/h3-4,6-13,18H,5,14-17H2,1-2H3,(H,28,32). The van der Waals surface area contributed by atoms with Crippen LogP contribution in [0.15, 0.2) is 71.7 Å². The summed E-state index contributed by atoms with van der Waals surface area (Å²) in [4.78, 5) is 22.1. The van der Waals surface area contributed by atoms with Crippen molar-refractivity contribution in [3.63, 3.8) is 0 Å². The second-order valence-corrected chi connectivity index (χ2v) is 8.63. The van der Waals surface area contributed by atoms with Crippen molar-refractivity contribution in [3.05, 3.63) is 83.4 Å². The fourth-order valence-electron chi connectivity index (χ4n) is 4.25. The summed E-state index contributed by atoms with van der Waals surface area (Å²) in [6.45, 7) is 6.97. The molecule has 6 heteroatoms.